The average molecular weight is 130 g/mol. The van der Waals surface area contributed by atoms with Crippen molar-refractivity contribution in [2.75, 3.05) is 0 Å². The van der Waals surface area contributed by atoms with Crippen molar-refractivity contribution in [1.82, 2.24) is 0 Å². The first-order chi connectivity index (χ1) is 4.22. The third-order valence-electron chi connectivity index (χ3n) is 1.89. The van der Waals surface area contributed by atoms with Crippen molar-refractivity contribution in [3.05, 3.63) is 0 Å². The van der Waals surface area contributed by atoms with Crippen LogP contribution in [-0.2, 0) is 4.79 Å². The van der Waals surface area contributed by atoms with Gasteiger partial charge in [-0.15, -0.1) is 0 Å². The number of alkyl halides is 1. The van der Waals surface area contributed by atoms with Gasteiger partial charge in [-0.25, -0.2) is 4.39 Å². The van der Waals surface area contributed by atoms with E-state index in [9.17, 15) is 9.18 Å². The Morgan fingerprint density at radius 3 is 2.78 bits per heavy atom. The molecule has 0 amide bonds. The van der Waals surface area contributed by atoms with Crippen LogP contribution in [0.2, 0.25) is 0 Å². The number of hydrogen-bond donors (Lipinski definition) is 0. The van der Waals surface area contributed by atoms with Crippen molar-refractivity contribution in [3.8, 4) is 0 Å². The van der Waals surface area contributed by atoms with Gasteiger partial charge in [0.15, 0.2) is 12.0 Å². The lowest BCUT2D eigenvalue weighted by atomic mass is 9.88. The van der Waals surface area contributed by atoms with Crippen LogP contribution < -0.4 is 0 Å². The lowest BCUT2D eigenvalue weighted by molar-refractivity contribution is -0.127. The van der Waals surface area contributed by atoms with Gasteiger partial charge in [0.2, 0.25) is 0 Å². The minimum atomic E-state index is -1.17. The molecule has 1 aliphatic rings. The standard InChI is InChI=1S/C7H11FO/c1-5-3-2-4-6(9)7(5)8/h5,7H,2-4H2,1H3. The third-order valence-corrected chi connectivity index (χ3v) is 1.89. The van der Waals surface area contributed by atoms with Gasteiger partial charge in [0.05, 0.1) is 0 Å². The van der Waals surface area contributed by atoms with Crippen LogP contribution in [0.5, 0.6) is 0 Å². The Morgan fingerprint density at radius 1 is 1.67 bits per heavy atom. The van der Waals surface area contributed by atoms with Crippen LogP contribution in [0, 0.1) is 5.92 Å². The fraction of sp³-hybridized carbons (Fsp3) is 0.857. The Morgan fingerprint density at radius 2 is 2.33 bits per heavy atom. The smallest absolute Gasteiger partial charge is 0.167 e. The molecule has 0 aromatic heterocycles. The van der Waals surface area contributed by atoms with Crippen molar-refractivity contribution < 1.29 is 9.18 Å². The molecule has 0 heterocycles. The van der Waals surface area contributed by atoms with Crippen LogP contribution in [0.15, 0.2) is 0 Å². The van der Waals surface area contributed by atoms with E-state index in [1.165, 1.54) is 0 Å². The molecule has 1 nitrogen and oxygen atoms in total. The first kappa shape index (κ1) is 6.72. The number of carbonyl (C=O) groups is 1. The van der Waals surface area contributed by atoms with Gasteiger partial charge in [0, 0.05) is 6.42 Å². The lowest BCUT2D eigenvalue weighted by Gasteiger charge is -2.20. The quantitative estimate of drug-likeness (QED) is 0.488. The third kappa shape index (κ3) is 1.29. The van der Waals surface area contributed by atoms with Crippen LogP contribution in [0.4, 0.5) is 4.39 Å². The first-order valence-corrected chi connectivity index (χ1v) is 3.38. The van der Waals surface area contributed by atoms with E-state index in [4.69, 9.17) is 0 Å². The predicted octanol–water partition coefficient (Wildman–Crippen LogP) is 1.71. The van der Waals surface area contributed by atoms with Crippen LogP contribution in [0.25, 0.3) is 0 Å². The minimum absolute atomic E-state index is 0.0359. The van der Waals surface area contributed by atoms with Gasteiger partial charge in [-0.05, 0) is 18.8 Å². The Balaban J connectivity index is 2.51. The van der Waals surface area contributed by atoms with E-state index in [1.807, 2.05) is 0 Å². The molecular weight excluding hydrogens is 119 g/mol. The van der Waals surface area contributed by atoms with Crippen molar-refractivity contribution in [2.24, 2.45) is 5.92 Å². The molecule has 2 atom stereocenters. The van der Waals surface area contributed by atoms with Gasteiger partial charge in [-0.3, -0.25) is 4.79 Å². The number of halogens is 1. The van der Waals surface area contributed by atoms with Gasteiger partial charge >= 0.3 is 0 Å². The molecule has 1 rings (SSSR count). The molecule has 0 aliphatic heterocycles. The Hall–Kier alpha value is -0.400. The Labute approximate surface area is 54.3 Å². The summed E-state index contributed by atoms with van der Waals surface area (Å²) < 4.78 is 12.6. The maximum absolute atomic E-state index is 12.6. The molecule has 9 heavy (non-hydrogen) atoms. The van der Waals surface area contributed by atoms with E-state index >= 15 is 0 Å². The molecule has 2 unspecified atom stereocenters. The molecule has 1 aliphatic carbocycles. The van der Waals surface area contributed by atoms with E-state index < -0.39 is 6.17 Å². The number of hydrogen-bond acceptors (Lipinski definition) is 1. The van der Waals surface area contributed by atoms with Crippen LogP contribution >= 0.6 is 0 Å². The first-order valence-electron chi connectivity index (χ1n) is 3.38. The Kier molecular flexibility index (Phi) is 1.84. The van der Waals surface area contributed by atoms with Crippen LogP contribution in [-0.4, -0.2) is 12.0 Å². The van der Waals surface area contributed by atoms with Crippen LogP contribution in [0.1, 0.15) is 26.2 Å². The molecule has 0 aromatic rings. The molecule has 2 heteroatoms. The summed E-state index contributed by atoms with van der Waals surface area (Å²) in [4.78, 5) is 10.6. The maximum atomic E-state index is 12.6. The number of rotatable bonds is 0. The van der Waals surface area contributed by atoms with E-state index in [1.54, 1.807) is 6.92 Å². The van der Waals surface area contributed by atoms with Crippen molar-refractivity contribution in [2.45, 2.75) is 32.4 Å². The molecule has 1 saturated carbocycles. The van der Waals surface area contributed by atoms with Gasteiger partial charge in [-0.1, -0.05) is 6.92 Å². The number of ketones is 1. The molecule has 0 bridgehead atoms. The average Bonchev–Trinajstić information content (AvgIpc) is 1.83. The van der Waals surface area contributed by atoms with Crippen molar-refractivity contribution >= 4 is 5.78 Å². The lowest BCUT2D eigenvalue weighted by Crippen LogP contribution is -2.27. The van der Waals surface area contributed by atoms with Crippen molar-refractivity contribution in [1.29, 1.82) is 0 Å². The monoisotopic (exact) mass is 130 g/mol. The van der Waals surface area contributed by atoms with E-state index in [2.05, 4.69) is 0 Å². The van der Waals surface area contributed by atoms with E-state index in [-0.39, 0.29) is 11.7 Å². The molecule has 52 valence electrons. The summed E-state index contributed by atoms with van der Waals surface area (Å²) in [6.07, 6.45) is 1.03. The zero-order valence-electron chi connectivity index (χ0n) is 5.56. The van der Waals surface area contributed by atoms with Crippen molar-refractivity contribution in [3.63, 3.8) is 0 Å². The zero-order chi connectivity index (χ0) is 6.85. The second-order valence-corrected chi connectivity index (χ2v) is 2.74. The summed E-state index contributed by atoms with van der Waals surface area (Å²) in [7, 11) is 0. The molecule has 0 N–H and O–H groups in total. The summed E-state index contributed by atoms with van der Waals surface area (Å²) in [5.74, 6) is -0.236. The van der Waals surface area contributed by atoms with Gasteiger partial charge in [0.25, 0.3) is 0 Å². The topological polar surface area (TPSA) is 17.1 Å². The summed E-state index contributed by atoms with van der Waals surface area (Å²) >= 11 is 0. The maximum Gasteiger partial charge on any atom is 0.167 e. The van der Waals surface area contributed by atoms with Crippen LogP contribution in [0.3, 0.4) is 0 Å². The second kappa shape index (κ2) is 2.46. The van der Waals surface area contributed by atoms with Gasteiger partial charge < -0.3 is 0 Å². The SMILES string of the molecule is CC1CCCC(=O)C1F. The molecular formula is C7H11FO. The highest BCUT2D eigenvalue weighted by Crippen LogP contribution is 2.23. The summed E-state index contributed by atoms with van der Waals surface area (Å²) in [6.45, 7) is 1.79. The van der Waals surface area contributed by atoms with Gasteiger partial charge in [0.1, 0.15) is 0 Å². The summed E-state index contributed by atoms with van der Waals surface area (Å²) in [6, 6.07) is 0. The minimum Gasteiger partial charge on any atom is -0.296 e. The number of Topliss-reactive ketones (excluding diaryl/α,β-unsaturated/α-hetero) is 1. The highest BCUT2D eigenvalue weighted by molar-refractivity contribution is 5.83. The Bertz CT molecular complexity index is 122. The van der Waals surface area contributed by atoms with Gasteiger partial charge in [-0.2, -0.15) is 0 Å². The highest BCUT2D eigenvalue weighted by Gasteiger charge is 2.27. The molecule has 0 aromatic carbocycles. The zero-order valence-corrected chi connectivity index (χ0v) is 5.56. The normalized spacial score (nSPS) is 36.9. The van der Waals surface area contributed by atoms with E-state index in [0.29, 0.717) is 6.42 Å². The van der Waals surface area contributed by atoms with E-state index in [0.717, 1.165) is 12.8 Å². The molecule has 0 saturated heterocycles. The molecule has 0 spiro atoms. The fourth-order valence-corrected chi connectivity index (χ4v) is 1.20. The molecule has 1 fully saturated rings. The highest BCUT2D eigenvalue weighted by atomic mass is 19.1. The predicted molar refractivity (Wildman–Crippen MR) is 32.9 cm³/mol. The number of carbonyl (C=O) groups excluding carboxylic acids is 1. The fourth-order valence-electron chi connectivity index (χ4n) is 1.20. The largest absolute Gasteiger partial charge is 0.296 e. The summed E-state index contributed by atoms with van der Waals surface area (Å²) in [5.41, 5.74) is 0. The second-order valence-electron chi connectivity index (χ2n) is 2.74. The molecule has 0 radical (unpaired) electrons. The summed E-state index contributed by atoms with van der Waals surface area (Å²) in [5, 5.41) is 0.